The van der Waals surface area contributed by atoms with Crippen LogP contribution in [0.4, 0.5) is 5.69 Å². The van der Waals surface area contributed by atoms with E-state index in [1.165, 1.54) is 6.92 Å². The molecule has 2 N–H and O–H groups in total. The van der Waals surface area contributed by atoms with Crippen molar-refractivity contribution in [2.24, 2.45) is 0 Å². The monoisotopic (exact) mass is 303 g/mol. The van der Waals surface area contributed by atoms with E-state index in [0.29, 0.717) is 19.4 Å². The van der Waals surface area contributed by atoms with E-state index in [4.69, 9.17) is 0 Å². The van der Waals surface area contributed by atoms with Crippen molar-refractivity contribution < 1.29 is 9.59 Å². The van der Waals surface area contributed by atoms with Gasteiger partial charge in [-0.3, -0.25) is 9.59 Å². The molecule has 2 rings (SSSR count). The Hall–Kier alpha value is -2.21. The number of benzene rings is 1. The summed E-state index contributed by atoms with van der Waals surface area (Å²) in [6.45, 7) is 1.98. The van der Waals surface area contributed by atoms with E-state index in [9.17, 15) is 9.59 Å². The second-order valence-electron chi connectivity index (χ2n) is 4.55. The van der Waals surface area contributed by atoms with E-state index in [-0.39, 0.29) is 11.8 Å². The fraction of sp³-hybridized carbons (Fsp3) is 0.267. The van der Waals surface area contributed by atoms with Crippen LogP contribution < -0.4 is 10.6 Å². The van der Waals surface area contributed by atoms with Gasteiger partial charge < -0.3 is 10.6 Å². The molecule has 0 bridgehead atoms. The van der Waals surface area contributed by atoms with E-state index in [1.54, 1.807) is 17.5 Å². The van der Waals surface area contributed by atoms with Gasteiger partial charge in [0, 0.05) is 42.7 Å². The molecule has 2 aromatic rings. The highest BCUT2D eigenvalue weighted by Gasteiger charge is 2.04. The molecule has 0 aliphatic rings. The van der Waals surface area contributed by atoms with Crippen LogP contribution in [0.1, 0.15) is 19.8 Å². The van der Waals surface area contributed by atoms with Crippen molar-refractivity contribution in [2.45, 2.75) is 19.8 Å². The van der Waals surface area contributed by atoms with Crippen molar-refractivity contribution in [2.75, 3.05) is 11.9 Å². The molecular weight excluding hydrogens is 286 g/mol. The molecule has 0 aliphatic heterocycles. The number of carbonyl (C=O) groups is 2. The average Bonchev–Trinajstić information content (AvgIpc) is 2.98. The first-order valence-electron chi connectivity index (χ1n) is 6.69. The van der Waals surface area contributed by atoms with Crippen molar-refractivity contribution in [3.63, 3.8) is 0 Å². The normalized spacial score (nSPS) is 10.1. The first kappa shape index (κ1) is 15.2. The zero-order chi connectivity index (χ0) is 15.1. The molecule has 0 radical (unpaired) electrons. The van der Waals surface area contributed by atoms with Crippen LogP contribution in [0.2, 0.25) is 0 Å². The molecule has 0 spiro atoms. The van der Waals surface area contributed by atoms with Gasteiger partial charge in [0.15, 0.2) is 0 Å². The minimum Gasteiger partial charge on any atom is -0.356 e. The molecule has 0 fully saturated rings. The number of anilines is 1. The average molecular weight is 303 g/mol. The molecular formula is C15H17N3O2S. The Balaban J connectivity index is 1.80. The third-order valence-corrected chi connectivity index (χ3v) is 3.62. The van der Waals surface area contributed by atoms with E-state index >= 15 is 0 Å². The van der Waals surface area contributed by atoms with E-state index in [1.807, 2.05) is 29.6 Å². The number of carbonyl (C=O) groups excluding carboxylic acids is 2. The van der Waals surface area contributed by atoms with Crippen LogP contribution in [0, 0.1) is 0 Å². The molecule has 0 unspecified atom stereocenters. The standard InChI is InChI=1S/C15H17N3O2S/c1-11(19)16-8-2-3-14(20)18-13-6-4-12(5-7-13)15-17-9-10-21-15/h4-7,9-10H,2-3,8H2,1H3,(H,16,19)(H,18,20). The summed E-state index contributed by atoms with van der Waals surface area (Å²) in [5, 5.41) is 8.39. The van der Waals surface area contributed by atoms with Gasteiger partial charge in [0.05, 0.1) is 0 Å². The fourth-order valence-corrected chi connectivity index (χ4v) is 2.44. The zero-order valence-electron chi connectivity index (χ0n) is 11.8. The highest BCUT2D eigenvalue weighted by molar-refractivity contribution is 7.13. The molecule has 1 aromatic carbocycles. The Labute approximate surface area is 127 Å². The molecule has 0 aliphatic carbocycles. The summed E-state index contributed by atoms with van der Waals surface area (Å²) in [5.41, 5.74) is 1.80. The van der Waals surface area contributed by atoms with Gasteiger partial charge >= 0.3 is 0 Å². The van der Waals surface area contributed by atoms with Crippen molar-refractivity contribution in [1.29, 1.82) is 0 Å². The Bertz CT molecular complexity index is 594. The zero-order valence-corrected chi connectivity index (χ0v) is 12.6. The summed E-state index contributed by atoms with van der Waals surface area (Å²) in [6.07, 6.45) is 2.78. The van der Waals surface area contributed by atoms with Crippen LogP contribution in [0.25, 0.3) is 10.6 Å². The van der Waals surface area contributed by atoms with Crippen LogP contribution in [-0.4, -0.2) is 23.3 Å². The molecule has 5 nitrogen and oxygen atoms in total. The Morgan fingerprint density at radius 1 is 1.24 bits per heavy atom. The van der Waals surface area contributed by atoms with E-state index < -0.39 is 0 Å². The van der Waals surface area contributed by atoms with Crippen LogP contribution >= 0.6 is 11.3 Å². The first-order valence-corrected chi connectivity index (χ1v) is 7.57. The molecule has 21 heavy (non-hydrogen) atoms. The van der Waals surface area contributed by atoms with Crippen LogP contribution in [0.15, 0.2) is 35.8 Å². The number of thiazole rings is 1. The third-order valence-electron chi connectivity index (χ3n) is 2.80. The number of hydrogen-bond donors (Lipinski definition) is 2. The third kappa shape index (κ3) is 5.00. The number of rotatable bonds is 6. The van der Waals surface area contributed by atoms with Gasteiger partial charge in [0.25, 0.3) is 0 Å². The lowest BCUT2D eigenvalue weighted by Crippen LogP contribution is -2.22. The lowest BCUT2D eigenvalue weighted by Gasteiger charge is -2.06. The number of hydrogen-bond acceptors (Lipinski definition) is 4. The molecule has 0 atom stereocenters. The molecule has 6 heteroatoms. The van der Waals surface area contributed by atoms with Gasteiger partial charge in [-0.2, -0.15) is 0 Å². The first-order chi connectivity index (χ1) is 10.1. The minimum absolute atomic E-state index is 0.0534. The quantitative estimate of drug-likeness (QED) is 0.806. The summed E-state index contributed by atoms with van der Waals surface area (Å²) < 4.78 is 0. The minimum atomic E-state index is -0.0758. The van der Waals surface area contributed by atoms with Crippen LogP contribution in [0.3, 0.4) is 0 Å². The highest BCUT2D eigenvalue weighted by Crippen LogP contribution is 2.23. The summed E-state index contributed by atoms with van der Waals surface area (Å²) in [7, 11) is 0. The smallest absolute Gasteiger partial charge is 0.224 e. The summed E-state index contributed by atoms with van der Waals surface area (Å²) in [6, 6.07) is 7.60. The second-order valence-corrected chi connectivity index (χ2v) is 5.44. The van der Waals surface area contributed by atoms with Gasteiger partial charge in [-0.15, -0.1) is 11.3 Å². The topological polar surface area (TPSA) is 71.1 Å². The van der Waals surface area contributed by atoms with Gasteiger partial charge in [-0.1, -0.05) is 0 Å². The molecule has 1 aromatic heterocycles. The molecule has 0 saturated carbocycles. The molecule has 2 amide bonds. The van der Waals surface area contributed by atoms with Gasteiger partial charge in [0.1, 0.15) is 5.01 Å². The predicted octanol–water partition coefficient (Wildman–Crippen LogP) is 2.66. The van der Waals surface area contributed by atoms with Gasteiger partial charge in [-0.05, 0) is 30.7 Å². The lowest BCUT2D eigenvalue weighted by molar-refractivity contribution is -0.119. The van der Waals surface area contributed by atoms with Crippen molar-refractivity contribution >= 4 is 28.8 Å². The maximum atomic E-state index is 11.7. The number of nitrogens with one attached hydrogen (secondary N) is 2. The molecule has 0 saturated heterocycles. The highest BCUT2D eigenvalue weighted by atomic mass is 32.1. The summed E-state index contributed by atoms with van der Waals surface area (Å²) in [4.78, 5) is 26.7. The van der Waals surface area contributed by atoms with Crippen LogP contribution in [0.5, 0.6) is 0 Å². The Morgan fingerprint density at radius 2 is 2.00 bits per heavy atom. The number of aromatic nitrogens is 1. The summed E-state index contributed by atoms with van der Waals surface area (Å²) >= 11 is 1.58. The van der Waals surface area contributed by atoms with Crippen LogP contribution in [-0.2, 0) is 9.59 Å². The van der Waals surface area contributed by atoms with E-state index in [0.717, 1.165) is 16.3 Å². The molecule has 1 heterocycles. The maximum Gasteiger partial charge on any atom is 0.224 e. The largest absolute Gasteiger partial charge is 0.356 e. The van der Waals surface area contributed by atoms with Gasteiger partial charge in [0.2, 0.25) is 11.8 Å². The Kier molecular flexibility index (Phi) is 5.45. The fourth-order valence-electron chi connectivity index (χ4n) is 1.80. The number of nitrogens with zero attached hydrogens (tertiary/aromatic N) is 1. The molecule has 110 valence electrons. The van der Waals surface area contributed by atoms with Gasteiger partial charge in [-0.25, -0.2) is 4.98 Å². The van der Waals surface area contributed by atoms with Crippen molar-refractivity contribution in [1.82, 2.24) is 10.3 Å². The SMILES string of the molecule is CC(=O)NCCCC(=O)Nc1ccc(-c2nccs2)cc1. The second kappa shape index (κ2) is 7.54. The van der Waals surface area contributed by atoms with Crippen molar-refractivity contribution in [3.8, 4) is 10.6 Å². The predicted molar refractivity (Wildman–Crippen MR) is 84.1 cm³/mol. The van der Waals surface area contributed by atoms with E-state index in [2.05, 4.69) is 15.6 Å². The lowest BCUT2D eigenvalue weighted by atomic mass is 10.2. The number of amides is 2. The Morgan fingerprint density at radius 3 is 2.62 bits per heavy atom. The maximum absolute atomic E-state index is 11.7. The summed E-state index contributed by atoms with van der Waals surface area (Å²) in [5.74, 6) is -0.129. The van der Waals surface area contributed by atoms with Crippen molar-refractivity contribution in [3.05, 3.63) is 35.8 Å².